The van der Waals surface area contributed by atoms with Crippen molar-refractivity contribution in [2.24, 2.45) is 5.73 Å². The molecule has 0 aromatic heterocycles. The third-order valence-electron chi connectivity index (χ3n) is 2.79. The molecule has 4 nitrogen and oxygen atoms in total. The van der Waals surface area contributed by atoms with Crippen LogP contribution in [0.5, 0.6) is 0 Å². The Morgan fingerprint density at radius 2 is 2.25 bits per heavy atom. The van der Waals surface area contributed by atoms with Gasteiger partial charge < -0.3 is 16.0 Å². The van der Waals surface area contributed by atoms with Gasteiger partial charge in [0.1, 0.15) is 0 Å². The van der Waals surface area contributed by atoms with Crippen molar-refractivity contribution in [3.8, 4) is 0 Å². The molecule has 0 aliphatic carbocycles. The minimum Gasteiger partial charge on any atom is -0.383 e. The molecular weight excluding hydrogens is 202 g/mol. The Morgan fingerprint density at radius 3 is 3.06 bits per heavy atom. The monoisotopic (exact) mass is 219 g/mol. The van der Waals surface area contributed by atoms with Crippen LogP contribution in [0.4, 0.5) is 11.4 Å². The summed E-state index contributed by atoms with van der Waals surface area (Å²) in [6.07, 6.45) is 1.49. The summed E-state index contributed by atoms with van der Waals surface area (Å²) >= 11 is 0. The van der Waals surface area contributed by atoms with Crippen molar-refractivity contribution < 1.29 is 4.79 Å². The molecule has 1 amide bonds. The number of rotatable bonds is 3. The molecular formula is C12H17N3O. The summed E-state index contributed by atoms with van der Waals surface area (Å²) in [5, 5.41) is 3.38. The number of nitrogens with zero attached hydrogens (tertiary/aromatic N) is 1. The average molecular weight is 219 g/mol. The van der Waals surface area contributed by atoms with E-state index in [9.17, 15) is 4.79 Å². The molecule has 0 fully saturated rings. The average Bonchev–Trinajstić information content (AvgIpc) is 2.48. The lowest BCUT2D eigenvalue weighted by Crippen LogP contribution is -2.28. The molecule has 0 saturated heterocycles. The Balaban J connectivity index is 2.15. The number of anilines is 2. The van der Waals surface area contributed by atoms with Crippen LogP contribution in [0.25, 0.3) is 0 Å². The molecule has 0 radical (unpaired) electrons. The lowest BCUT2D eigenvalue weighted by Gasteiger charge is -2.23. The maximum absolute atomic E-state index is 10.8. The number of para-hydroxylation sites is 2. The second-order valence-electron chi connectivity index (χ2n) is 4.00. The van der Waals surface area contributed by atoms with E-state index in [-0.39, 0.29) is 5.91 Å². The summed E-state index contributed by atoms with van der Waals surface area (Å²) in [7, 11) is 0. The van der Waals surface area contributed by atoms with Gasteiger partial charge in [-0.05, 0) is 18.6 Å². The molecule has 0 saturated carbocycles. The van der Waals surface area contributed by atoms with Gasteiger partial charge in [0.15, 0.2) is 0 Å². The van der Waals surface area contributed by atoms with Crippen molar-refractivity contribution in [2.75, 3.05) is 29.9 Å². The largest absolute Gasteiger partial charge is 0.383 e. The van der Waals surface area contributed by atoms with Crippen LogP contribution in [-0.4, -0.2) is 25.5 Å². The van der Waals surface area contributed by atoms with Crippen LogP contribution in [0, 0.1) is 0 Å². The normalized spacial score (nSPS) is 14.9. The van der Waals surface area contributed by atoms with E-state index in [1.807, 2.05) is 12.1 Å². The smallest absolute Gasteiger partial charge is 0.219 e. The third-order valence-corrected chi connectivity index (χ3v) is 2.79. The lowest BCUT2D eigenvalue weighted by atomic mass is 10.2. The van der Waals surface area contributed by atoms with Crippen LogP contribution in [0.15, 0.2) is 24.3 Å². The number of carbonyl (C=O) groups is 1. The van der Waals surface area contributed by atoms with Gasteiger partial charge in [-0.1, -0.05) is 12.1 Å². The Morgan fingerprint density at radius 1 is 1.44 bits per heavy atom. The molecule has 1 heterocycles. The minimum absolute atomic E-state index is 0.241. The number of primary amides is 1. The second-order valence-corrected chi connectivity index (χ2v) is 4.00. The van der Waals surface area contributed by atoms with E-state index in [0.717, 1.165) is 25.2 Å². The number of fused-ring (bicyclic) bond motifs is 1. The fourth-order valence-electron chi connectivity index (χ4n) is 1.99. The van der Waals surface area contributed by atoms with Crippen LogP contribution in [-0.2, 0) is 4.79 Å². The second kappa shape index (κ2) is 4.88. The van der Waals surface area contributed by atoms with Crippen LogP contribution in [0.1, 0.15) is 12.8 Å². The van der Waals surface area contributed by atoms with E-state index in [2.05, 4.69) is 22.3 Å². The van der Waals surface area contributed by atoms with Crippen molar-refractivity contribution in [1.29, 1.82) is 0 Å². The first-order valence-corrected chi connectivity index (χ1v) is 5.63. The first-order valence-electron chi connectivity index (χ1n) is 5.63. The zero-order valence-corrected chi connectivity index (χ0v) is 9.28. The molecule has 1 aliphatic heterocycles. The summed E-state index contributed by atoms with van der Waals surface area (Å²) < 4.78 is 0. The molecule has 1 aromatic carbocycles. The Bertz CT molecular complexity index is 378. The molecule has 0 bridgehead atoms. The highest BCUT2D eigenvalue weighted by molar-refractivity contribution is 5.75. The molecule has 1 aromatic rings. The number of hydrogen-bond donors (Lipinski definition) is 2. The summed E-state index contributed by atoms with van der Waals surface area (Å²) in [4.78, 5) is 13.0. The first-order chi connectivity index (χ1) is 7.77. The number of benzene rings is 1. The summed E-state index contributed by atoms with van der Waals surface area (Å²) in [5.74, 6) is -0.241. The van der Waals surface area contributed by atoms with Crippen LogP contribution in [0.3, 0.4) is 0 Å². The van der Waals surface area contributed by atoms with E-state index < -0.39 is 0 Å². The number of carbonyl (C=O) groups excluding carboxylic acids is 1. The molecule has 0 unspecified atom stereocenters. The zero-order chi connectivity index (χ0) is 11.4. The number of amides is 1. The van der Waals surface area contributed by atoms with Gasteiger partial charge in [-0.15, -0.1) is 0 Å². The van der Waals surface area contributed by atoms with Crippen LogP contribution >= 0.6 is 0 Å². The van der Waals surface area contributed by atoms with E-state index in [1.54, 1.807) is 0 Å². The Labute approximate surface area is 95.4 Å². The molecule has 4 heteroatoms. The molecule has 1 aliphatic rings. The van der Waals surface area contributed by atoms with Crippen molar-refractivity contribution >= 4 is 17.3 Å². The fourth-order valence-corrected chi connectivity index (χ4v) is 1.99. The molecule has 16 heavy (non-hydrogen) atoms. The Hall–Kier alpha value is -1.71. The number of nitrogens with one attached hydrogen (secondary N) is 1. The van der Waals surface area contributed by atoms with Crippen LogP contribution in [0.2, 0.25) is 0 Å². The number of hydrogen-bond acceptors (Lipinski definition) is 3. The van der Waals surface area contributed by atoms with Gasteiger partial charge in [0.2, 0.25) is 5.91 Å². The quantitative estimate of drug-likeness (QED) is 0.802. The van der Waals surface area contributed by atoms with E-state index in [0.29, 0.717) is 13.0 Å². The van der Waals surface area contributed by atoms with E-state index in [4.69, 9.17) is 5.73 Å². The van der Waals surface area contributed by atoms with Gasteiger partial charge in [-0.3, -0.25) is 4.79 Å². The first kappa shape index (κ1) is 10.8. The lowest BCUT2D eigenvalue weighted by molar-refractivity contribution is -0.117. The minimum atomic E-state index is -0.241. The number of nitrogens with two attached hydrogens (primary N) is 1. The maximum atomic E-state index is 10.8. The molecule has 86 valence electrons. The van der Waals surface area contributed by atoms with Gasteiger partial charge in [0.25, 0.3) is 0 Å². The van der Waals surface area contributed by atoms with Gasteiger partial charge in [-0.2, -0.15) is 0 Å². The van der Waals surface area contributed by atoms with Crippen molar-refractivity contribution in [3.05, 3.63) is 24.3 Å². The van der Waals surface area contributed by atoms with Crippen molar-refractivity contribution in [3.63, 3.8) is 0 Å². The van der Waals surface area contributed by atoms with Crippen molar-refractivity contribution in [1.82, 2.24) is 0 Å². The molecule has 2 rings (SSSR count). The van der Waals surface area contributed by atoms with Gasteiger partial charge >= 0.3 is 0 Å². The predicted octanol–water partition coefficient (Wildman–Crippen LogP) is 1.18. The summed E-state index contributed by atoms with van der Waals surface area (Å²) in [5.41, 5.74) is 7.50. The van der Waals surface area contributed by atoms with Gasteiger partial charge in [-0.25, -0.2) is 0 Å². The molecule has 0 atom stereocenters. The highest BCUT2D eigenvalue weighted by Gasteiger charge is 2.14. The third kappa shape index (κ3) is 2.45. The topological polar surface area (TPSA) is 58.4 Å². The highest BCUT2D eigenvalue weighted by Crippen LogP contribution is 2.27. The summed E-state index contributed by atoms with van der Waals surface area (Å²) in [6.45, 7) is 2.65. The standard InChI is InChI=1S/C12H17N3O/c13-12(16)6-9-15-8-3-7-14-10-4-1-2-5-11(10)15/h1-2,4-5,14H,3,6-9H2,(H2,13,16). The van der Waals surface area contributed by atoms with Crippen LogP contribution < -0.4 is 16.0 Å². The van der Waals surface area contributed by atoms with E-state index >= 15 is 0 Å². The molecule has 0 spiro atoms. The van der Waals surface area contributed by atoms with Crippen molar-refractivity contribution in [2.45, 2.75) is 12.8 Å². The summed E-state index contributed by atoms with van der Waals surface area (Å²) in [6, 6.07) is 8.18. The molecule has 3 N–H and O–H groups in total. The maximum Gasteiger partial charge on any atom is 0.219 e. The highest BCUT2D eigenvalue weighted by atomic mass is 16.1. The van der Waals surface area contributed by atoms with Gasteiger partial charge in [0.05, 0.1) is 11.4 Å². The SMILES string of the molecule is NC(=O)CCN1CCCNc2ccccc21. The van der Waals surface area contributed by atoms with E-state index in [1.165, 1.54) is 5.69 Å². The Kier molecular flexibility index (Phi) is 3.29. The fraction of sp³-hybridized carbons (Fsp3) is 0.417. The zero-order valence-electron chi connectivity index (χ0n) is 9.28. The predicted molar refractivity (Wildman–Crippen MR) is 65.6 cm³/mol. The van der Waals surface area contributed by atoms with Gasteiger partial charge in [0, 0.05) is 26.1 Å².